The van der Waals surface area contributed by atoms with Crippen LogP contribution in [0.1, 0.15) is 47.5 Å². The highest BCUT2D eigenvalue weighted by Crippen LogP contribution is 2.38. The number of hydrogen-bond donors (Lipinski definition) is 0. The molecule has 0 heterocycles. The number of hydrogen-bond acceptors (Lipinski definition) is 1. The number of nitrogens with zero attached hydrogens (tertiary/aromatic N) is 1. The fourth-order valence-electron chi connectivity index (χ4n) is 1.68. The molecule has 2 heteroatoms. The van der Waals surface area contributed by atoms with Gasteiger partial charge in [0, 0.05) is 0 Å². The predicted molar refractivity (Wildman–Crippen MR) is 69.4 cm³/mol. The van der Waals surface area contributed by atoms with E-state index >= 15 is 0 Å². The third kappa shape index (κ3) is 3.39. The first kappa shape index (κ1) is 14.2. The second kappa shape index (κ2) is 5.31. The lowest BCUT2D eigenvalue weighted by atomic mass is 10.2. The molecular weight excluding hydrogens is 186 g/mol. The Morgan fingerprint density at radius 1 is 0.929 bits per heavy atom. The van der Waals surface area contributed by atoms with Gasteiger partial charge in [0.05, 0.1) is 0 Å². The van der Waals surface area contributed by atoms with Crippen LogP contribution in [0.2, 0.25) is 18.1 Å². The molecule has 0 rings (SSSR count). The van der Waals surface area contributed by atoms with Crippen LogP contribution in [0.25, 0.3) is 0 Å². The van der Waals surface area contributed by atoms with Crippen LogP contribution >= 0.6 is 0 Å². The molecule has 0 radical (unpaired) electrons. The van der Waals surface area contributed by atoms with Crippen LogP contribution in [0.15, 0.2) is 0 Å². The van der Waals surface area contributed by atoms with Gasteiger partial charge in [0.25, 0.3) is 0 Å². The molecule has 0 aromatic heterocycles. The smallest absolute Gasteiger partial charge is 0.127 e. The van der Waals surface area contributed by atoms with Crippen LogP contribution in [0.5, 0.6) is 0 Å². The van der Waals surface area contributed by atoms with Gasteiger partial charge in [-0.2, -0.15) is 0 Å². The summed E-state index contributed by atoms with van der Waals surface area (Å²) < 4.78 is 2.77. The highest BCUT2D eigenvalue weighted by Gasteiger charge is 2.39. The van der Waals surface area contributed by atoms with Gasteiger partial charge in [-0.05, 0) is 31.0 Å². The minimum absolute atomic E-state index is 0.483. The standard InChI is InChI=1S/C12H29NSi/c1-8-10-13(11-9-2)14(6,7)12(3,4)5/h8-11H2,1-7H3. The molecule has 14 heavy (non-hydrogen) atoms. The highest BCUT2D eigenvalue weighted by molar-refractivity contribution is 6.77. The fraction of sp³-hybridized carbons (Fsp3) is 1.00. The van der Waals surface area contributed by atoms with Gasteiger partial charge >= 0.3 is 0 Å². The van der Waals surface area contributed by atoms with Gasteiger partial charge in [0.1, 0.15) is 8.24 Å². The SMILES string of the molecule is CCCN(CCC)[Si](C)(C)C(C)(C)C. The van der Waals surface area contributed by atoms with Crippen molar-refractivity contribution in [3.8, 4) is 0 Å². The van der Waals surface area contributed by atoms with Crippen molar-refractivity contribution < 1.29 is 0 Å². The zero-order valence-electron chi connectivity index (χ0n) is 11.3. The van der Waals surface area contributed by atoms with Gasteiger partial charge < -0.3 is 4.57 Å². The largest absolute Gasteiger partial charge is 0.323 e. The Morgan fingerprint density at radius 3 is 1.50 bits per heavy atom. The molecule has 0 spiro atoms. The van der Waals surface area contributed by atoms with Crippen molar-refractivity contribution in [2.45, 2.75) is 65.6 Å². The highest BCUT2D eigenvalue weighted by atomic mass is 28.3. The average molecular weight is 215 g/mol. The first-order valence-electron chi connectivity index (χ1n) is 6.02. The molecule has 0 atom stereocenters. The Hall–Kier alpha value is 0.177. The molecule has 0 aromatic rings. The monoisotopic (exact) mass is 215 g/mol. The fourth-order valence-corrected chi connectivity index (χ4v) is 4.20. The van der Waals surface area contributed by atoms with E-state index in [2.05, 4.69) is 52.3 Å². The molecule has 0 N–H and O–H groups in total. The summed E-state index contributed by atoms with van der Waals surface area (Å²) in [6.07, 6.45) is 2.57. The van der Waals surface area contributed by atoms with Crippen LogP contribution in [0.3, 0.4) is 0 Å². The van der Waals surface area contributed by atoms with Crippen molar-refractivity contribution in [2.24, 2.45) is 0 Å². The summed E-state index contributed by atoms with van der Waals surface area (Å²) in [6, 6.07) is 0. The maximum absolute atomic E-state index is 2.77. The van der Waals surface area contributed by atoms with E-state index in [0.29, 0.717) is 5.04 Å². The minimum Gasteiger partial charge on any atom is -0.323 e. The number of rotatable bonds is 5. The summed E-state index contributed by atoms with van der Waals surface area (Å²) in [4.78, 5) is 0. The molecule has 0 aliphatic heterocycles. The lowest BCUT2D eigenvalue weighted by molar-refractivity contribution is 0.396. The van der Waals surface area contributed by atoms with Crippen LogP contribution in [-0.2, 0) is 0 Å². The second-order valence-electron chi connectivity index (χ2n) is 5.80. The van der Waals surface area contributed by atoms with E-state index in [9.17, 15) is 0 Å². The molecule has 1 nitrogen and oxygen atoms in total. The summed E-state index contributed by atoms with van der Waals surface area (Å²) in [7, 11) is -1.24. The summed E-state index contributed by atoms with van der Waals surface area (Å²) in [5.74, 6) is 0. The van der Waals surface area contributed by atoms with E-state index in [1.165, 1.54) is 25.9 Å². The molecule has 0 aromatic carbocycles. The third-order valence-electron chi connectivity index (χ3n) is 3.61. The van der Waals surface area contributed by atoms with Crippen molar-refractivity contribution in [3.05, 3.63) is 0 Å². The Kier molecular flexibility index (Phi) is 5.38. The lowest BCUT2D eigenvalue weighted by Gasteiger charge is -2.46. The summed E-state index contributed by atoms with van der Waals surface area (Å²) >= 11 is 0. The van der Waals surface area contributed by atoms with Crippen molar-refractivity contribution in [3.63, 3.8) is 0 Å². The van der Waals surface area contributed by atoms with Crippen LogP contribution < -0.4 is 0 Å². The second-order valence-corrected chi connectivity index (χ2v) is 11.0. The van der Waals surface area contributed by atoms with Gasteiger partial charge in [-0.3, -0.25) is 0 Å². The van der Waals surface area contributed by atoms with Crippen LogP contribution in [0.4, 0.5) is 0 Å². The van der Waals surface area contributed by atoms with Gasteiger partial charge in [-0.15, -0.1) is 0 Å². The van der Waals surface area contributed by atoms with Crippen molar-refractivity contribution in [1.29, 1.82) is 0 Å². The van der Waals surface area contributed by atoms with Crippen LogP contribution in [0, 0.1) is 0 Å². The molecule has 86 valence electrons. The van der Waals surface area contributed by atoms with Gasteiger partial charge in [0.2, 0.25) is 0 Å². The molecule has 0 fully saturated rings. The zero-order chi connectivity index (χ0) is 11.4. The van der Waals surface area contributed by atoms with Gasteiger partial charge in [-0.1, -0.05) is 47.7 Å². The van der Waals surface area contributed by atoms with Gasteiger partial charge in [0.15, 0.2) is 0 Å². The van der Waals surface area contributed by atoms with Gasteiger partial charge in [-0.25, -0.2) is 0 Å². The summed E-state index contributed by atoms with van der Waals surface area (Å²) in [6.45, 7) is 19.4. The zero-order valence-corrected chi connectivity index (χ0v) is 12.3. The van der Waals surface area contributed by atoms with E-state index in [1.807, 2.05) is 0 Å². The normalized spacial score (nSPS) is 13.7. The topological polar surface area (TPSA) is 3.24 Å². The van der Waals surface area contributed by atoms with E-state index in [4.69, 9.17) is 0 Å². The summed E-state index contributed by atoms with van der Waals surface area (Å²) in [5, 5.41) is 0.483. The van der Waals surface area contributed by atoms with E-state index in [1.54, 1.807) is 0 Å². The maximum atomic E-state index is 2.77. The van der Waals surface area contributed by atoms with E-state index < -0.39 is 8.24 Å². The lowest BCUT2D eigenvalue weighted by Crippen LogP contribution is -2.55. The molecule has 0 saturated heterocycles. The van der Waals surface area contributed by atoms with Crippen molar-refractivity contribution >= 4 is 8.24 Å². The Balaban J connectivity index is 4.61. The molecule has 0 amide bonds. The van der Waals surface area contributed by atoms with Crippen molar-refractivity contribution in [2.75, 3.05) is 13.1 Å². The average Bonchev–Trinajstić information content (AvgIpc) is 2.02. The Labute approximate surface area is 92.0 Å². The molecule has 0 saturated carbocycles. The van der Waals surface area contributed by atoms with E-state index in [0.717, 1.165) is 0 Å². The third-order valence-corrected chi connectivity index (χ3v) is 9.31. The molecule has 0 unspecified atom stereocenters. The molecule has 0 aliphatic carbocycles. The molecular formula is C12H29NSi. The van der Waals surface area contributed by atoms with E-state index in [-0.39, 0.29) is 0 Å². The minimum atomic E-state index is -1.24. The van der Waals surface area contributed by atoms with Crippen molar-refractivity contribution in [1.82, 2.24) is 4.57 Å². The first-order chi connectivity index (χ1) is 6.27. The molecule has 0 bridgehead atoms. The maximum Gasteiger partial charge on any atom is 0.127 e. The quantitative estimate of drug-likeness (QED) is 0.624. The Morgan fingerprint density at radius 2 is 1.29 bits per heavy atom. The predicted octanol–water partition coefficient (Wildman–Crippen LogP) is 4.11. The first-order valence-corrected chi connectivity index (χ1v) is 8.97. The van der Waals surface area contributed by atoms with Crippen LogP contribution in [-0.4, -0.2) is 25.9 Å². The molecule has 0 aliphatic rings. The summed E-state index contributed by atoms with van der Waals surface area (Å²) in [5.41, 5.74) is 0. The Bertz CT molecular complexity index is 152.